The summed E-state index contributed by atoms with van der Waals surface area (Å²) in [6.07, 6.45) is 6.67. The Kier molecular flexibility index (Phi) is 3.79. The van der Waals surface area contributed by atoms with Gasteiger partial charge in [-0.1, -0.05) is 12.1 Å². The Bertz CT molecular complexity index is 769. The zero-order valence-corrected chi connectivity index (χ0v) is 12.0. The van der Waals surface area contributed by atoms with Gasteiger partial charge in [-0.2, -0.15) is 10.4 Å². The van der Waals surface area contributed by atoms with E-state index in [1.807, 2.05) is 54.2 Å². The molecule has 3 aromatic rings. The summed E-state index contributed by atoms with van der Waals surface area (Å²) in [6.45, 7) is 2.04. The predicted octanol–water partition coefficient (Wildman–Crippen LogP) is 2.71. The van der Waals surface area contributed by atoms with E-state index in [9.17, 15) is 0 Å². The monoisotopic (exact) mass is 290 g/mol. The first kappa shape index (κ1) is 13.8. The van der Waals surface area contributed by atoms with Crippen molar-refractivity contribution in [3.8, 4) is 11.8 Å². The van der Waals surface area contributed by atoms with Gasteiger partial charge in [0.2, 0.25) is 0 Å². The largest absolute Gasteiger partial charge is 0.362 e. The van der Waals surface area contributed by atoms with Crippen LogP contribution in [0.2, 0.25) is 0 Å². The maximum absolute atomic E-state index is 8.71. The zero-order chi connectivity index (χ0) is 15.4. The molecule has 108 valence electrons. The third-order valence-corrected chi connectivity index (χ3v) is 3.29. The van der Waals surface area contributed by atoms with E-state index in [0.29, 0.717) is 11.5 Å². The second-order valence-corrected chi connectivity index (χ2v) is 4.81. The van der Waals surface area contributed by atoms with E-state index in [1.54, 1.807) is 12.4 Å². The summed E-state index contributed by atoms with van der Waals surface area (Å²) < 4.78 is 1.81. The molecule has 3 rings (SSSR count). The van der Waals surface area contributed by atoms with Crippen LogP contribution >= 0.6 is 0 Å². The normalized spacial score (nSPS) is 11.6. The molecule has 0 amide bonds. The summed E-state index contributed by atoms with van der Waals surface area (Å²) in [7, 11) is 0. The summed E-state index contributed by atoms with van der Waals surface area (Å²) in [5.74, 6) is 0.641. The summed E-state index contributed by atoms with van der Waals surface area (Å²) in [6, 6.07) is 12.0. The molecule has 22 heavy (non-hydrogen) atoms. The molecule has 0 radical (unpaired) electrons. The van der Waals surface area contributed by atoms with Gasteiger partial charge in [-0.3, -0.25) is 0 Å². The Labute approximate surface area is 128 Å². The van der Waals surface area contributed by atoms with Gasteiger partial charge in [-0.15, -0.1) is 0 Å². The Morgan fingerprint density at radius 1 is 1.18 bits per heavy atom. The van der Waals surface area contributed by atoms with Gasteiger partial charge in [0.1, 0.15) is 11.9 Å². The third kappa shape index (κ3) is 2.94. The van der Waals surface area contributed by atoms with Crippen LogP contribution in [-0.2, 0) is 0 Å². The molecule has 6 heteroatoms. The SMILES string of the molecule is CC(Nc1cnc(C#N)cn1)c1ccc(-n2cccn2)cc1. The molecule has 0 saturated carbocycles. The Morgan fingerprint density at radius 3 is 2.59 bits per heavy atom. The fourth-order valence-electron chi connectivity index (χ4n) is 2.10. The van der Waals surface area contributed by atoms with Crippen molar-refractivity contribution in [3.05, 3.63) is 66.4 Å². The van der Waals surface area contributed by atoms with Crippen LogP contribution in [0, 0.1) is 11.3 Å². The van der Waals surface area contributed by atoms with Gasteiger partial charge in [0.05, 0.1) is 18.1 Å². The van der Waals surface area contributed by atoms with Crippen LogP contribution in [0.15, 0.2) is 55.1 Å². The number of rotatable bonds is 4. The zero-order valence-electron chi connectivity index (χ0n) is 12.0. The van der Waals surface area contributed by atoms with E-state index >= 15 is 0 Å². The minimum atomic E-state index is 0.0777. The van der Waals surface area contributed by atoms with Gasteiger partial charge in [0.15, 0.2) is 5.69 Å². The Balaban J connectivity index is 1.71. The van der Waals surface area contributed by atoms with Gasteiger partial charge < -0.3 is 5.32 Å². The van der Waals surface area contributed by atoms with Gasteiger partial charge in [-0.05, 0) is 30.7 Å². The first-order valence-electron chi connectivity index (χ1n) is 6.85. The first-order valence-corrected chi connectivity index (χ1v) is 6.85. The molecule has 1 unspecified atom stereocenters. The van der Waals surface area contributed by atoms with Crippen LogP contribution in [0.5, 0.6) is 0 Å². The molecule has 0 aliphatic heterocycles. The molecule has 0 saturated heterocycles. The van der Waals surface area contributed by atoms with Crippen molar-refractivity contribution in [1.82, 2.24) is 19.7 Å². The van der Waals surface area contributed by atoms with Gasteiger partial charge in [0, 0.05) is 18.4 Å². The van der Waals surface area contributed by atoms with E-state index in [0.717, 1.165) is 11.3 Å². The van der Waals surface area contributed by atoms with E-state index < -0.39 is 0 Å². The van der Waals surface area contributed by atoms with Crippen LogP contribution < -0.4 is 5.32 Å². The molecule has 1 N–H and O–H groups in total. The van der Waals surface area contributed by atoms with Crippen molar-refractivity contribution in [3.63, 3.8) is 0 Å². The average molecular weight is 290 g/mol. The van der Waals surface area contributed by atoms with E-state index in [2.05, 4.69) is 20.4 Å². The maximum Gasteiger partial charge on any atom is 0.158 e. The van der Waals surface area contributed by atoms with Gasteiger partial charge >= 0.3 is 0 Å². The van der Waals surface area contributed by atoms with Crippen molar-refractivity contribution in [2.24, 2.45) is 0 Å². The molecule has 2 heterocycles. The second-order valence-electron chi connectivity index (χ2n) is 4.81. The quantitative estimate of drug-likeness (QED) is 0.799. The highest BCUT2D eigenvalue weighted by atomic mass is 15.3. The molecule has 0 bridgehead atoms. The fourth-order valence-corrected chi connectivity index (χ4v) is 2.10. The summed E-state index contributed by atoms with van der Waals surface area (Å²) in [4.78, 5) is 8.16. The predicted molar refractivity (Wildman–Crippen MR) is 82.3 cm³/mol. The third-order valence-electron chi connectivity index (χ3n) is 3.29. The Hall–Kier alpha value is -3.20. The number of benzene rings is 1. The first-order chi connectivity index (χ1) is 10.8. The van der Waals surface area contributed by atoms with Crippen LogP contribution in [0.1, 0.15) is 24.2 Å². The molecule has 2 aromatic heterocycles. The highest BCUT2D eigenvalue weighted by molar-refractivity contribution is 5.40. The Morgan fingerprint density at radius 2 is 2.00 bits per heavy atom. The summed E-state index contributed by atoms with van der Waals surface area (Å²) >= 11 is 0. The fraction of sp³-hybridized carbons (Fsp3) is 0.125. The number of hydrogen-bond acceptors (Lipinski definition) is 5. The standard InChI is InChI=1S/C16H14N6/c1-12(21-16-11-18-14(9-17)10-19-16)13-3-5-15(6-4-13)22-8-2-7-20-22/h2-8,10-12H,1H3,(H,19,21). The lowest BCUT2D eigenvalue weighted by Gasteiger charge is -2.15. The number of nitrogens with zero attached hydrogens (tertiary/aromatic N) is 5. The molecule has 0 aliphatic carbocycles. The molecule has 0 spiro atoms. The average Bonchev–Trinajstić information content (AvgIpc) is 3.10. The van der Waals surface area contributed by atoms with Gasteiger partial charge in [0.25, 0.3) is 0 Å². The lowest BCUT2D eigenvalue weighted by molar-refractivity contribution is 0.857. The molecular formula is C16H14N6. The molecule has 1 aromatic carbocycles. The highest BCUT2D eigenvalue weighted by Gasteiger charge is 2.07. The van der Waals surface area contributed by atoms with Crippen LogP contribution in [0.25, 0.3) is 5.69 Å². The maximum atomic E-state index is 8.71. The summed E-state index contributed by atoms with van der Waals surface area (Å²) in [5.41, 5.74) is 2.45. The highest BCUT2D eigenvalue weighted by Crippen LogP contribution is 2.19. The summed E-state index contributed by atoms with van der Waals surface area (Å²) in [5, 5.41) is 16.2. The van der Waals surface area contributed by atoms with E-state index in [4.69, 9.17) is 5.26 Å². The number of nitrogens with one attached hydrogen (secondary N) is 1. The van der Waals surface area contributed by atoms with Crippen molar-refractivity contribution < 1.29 is 0 Å². The molecule has 6 nitrogen and oxygen atoms in total. The minimum absolute atomic E-state index is 0.0777. The van der Waals surface area contributed by atoms with Crippen LogP contribution in [-0.4, -0.2) is 19.7 Å². The smallest absolute Gasteiger partial charge is 0.158 e. The van der Waals surface area contributed by atoms with Crippen molar-refractivity contribution in [2.45, 2.75) is 13.0 Å². The lowest BCUT2D eigenvalue weighted by Crippen LogP contribution is -2.08. The number of aromatic nitrogens is 4. The minimum Gasteiger partial charge on any atom is -0.362 e. The van der Waals surface area contributed by atoms with Crippen molar-refractivity contribution in [1.29, 1.82) is 5.26 Å². The molecule has 0 aliphatic rings. The lowest BCUT2D eigenvalue weighted by atomic mass is 10.1. The van der Waals surface area contributed by atoms with E-state index in [1.165, 1.54) is 6.20 Å². The van der Waals surface area contributed by atoms with E-state index in [-0.39, 0.29) is 6.04 Å². The number of anilines is 1. The van der Waals surface area contributed by atoms with Crippen LogP contribution in [0.4, 0.5) is 5.82 Å². The van der Waals surface area contributed by atoms with Crippen molar-refractivity contribution >= 4 is 5.82 Å². The molecular weight excluding hydrogens is 276 g/mol. The van der Waals surface area contributed by atoms with Gasteiger partial charge in [-0.25, -0.2) is 14.6 Å². The number of hydrogen-bond donors (Lipinski definition) is 1. The van der Waals surface area contributed by atoms with Crippen molar-refractivity contribution in [2.75, 3.05) is 5.32 Å². The van der Waals surface area contributed by atoms with Crippen LogP contribution in [0.3, 0.4) is 0 Å². The second kappa shape index (κ2) is 6.06. The molecule has 1 atom stereocenters. The molecule has 0 fully saturated rings. The number of nitriles is 1. The topological polar surface area (TPSA) is 79.4 Å².